The topological polar surface area (TPSA) is 32.7 Å². The maximum absolute atomic E-state index is 9.94. The molecule has 0 rings (SSSR count). The van der Waals surface area contributed by atoms with Gasteiger partial charge in [-0.2, -0.15) is 0 Å². The highest BCUT2D eigenvalue weighted by atomic mass is 16.3. The fourth-order valence-corrected chi connectivity index (χ4v) is 0.884. The summed E-state index contributed by atoms with van der Waals surface area (Å²) < 4.78 is 0. The molecule has 0 aromatic heterocycles. The summed E-state index contributed by atoms with van der Waals surface area (Å²) in [6.07, 6.45) is 1.97. The highest BCUT2D eigenvalue weighted by molar-refractivity contribution is 4.59. The maximum Gasteiger partial charge on any atom is 0.0523 e. The van der Waals surface area contributed by atoms with Crippen molar-refractivity contribution in [3.8, 4) is 0 Å². The van der Waals surface area contributed by atoms with E-state index in [1.165, 1.54) is 5.01 Å². The molecule has 0 radical (unpaired) electrons. The summed E-state index contributed by atoms with van der Waals surface area (Å²) in [6, 6.07) is 0.322. The van der Waals surface area contributed by atoms with Gasteiger partial charge in [-0.25, -0.2) is 0 Å². The molecule has 0 heterocycles. The fourth-order valence-electron chi connectivity index (χ4n) is 0.884. The average molecular weight is 130 g/mol. The van der Waals surface area contributed by atoms with Gasteiger partial charge in [-0.15, -0.1) is 4.91 Å². The Bertz CT molecular complexity index is 81.1. The first-order valence-corrected chi connectivity index (χ1v) is 3.32. The van der Waals surface area contributed by atoms with E-state index in [2.05, 4.69) is 19.1 Å². The minimum absolute atomic E-state index is 0.322. The second-order valence-corrected chi connectivity index (χ2v) is 2.13. The summed E-state index contributed by atoms with van der Waals surface area (Å²) in [4.78, 5) is 9.94. The molecule has 54 valence electrons. The number of nitrogens with zero attached hydrogens (tertiary/aromatic N) is 2. The van der Waals surface area contributed by atoms with Crippen molar-refractivity contribution in [2.45, 2.75) is 32.7 Å². The Balaban J connectivity index is 3.63. The second kappa shape index (κ2) is 4.30. The minimum atomic E-state index is 0.322. The highest BCUT2D eigenvalue weighted by Crippen LogP contribution is 2.04. The predicted octanol–water partition coefficient (Wildman–Crippen LogP) is 1.79. The third-order valence-corrected chi connectivity index (χ3v) is 1.60. The lowest BCUT2D eigenvalue weighted by molar-refractivity contribution is 0.237. The van der Waals surface area contributed by atoms with Gasteiger partial charge in [0.05, 0.1) is 5.29 Å². The first kappa shape index (κ1) is 8.40. The molecule has 0 aliphatic heterocycles. The molecule has 0 bridgehead atoms. The first-order chi connectivity index (χ1) is 4.26. The lowest BCUT2D eigenvalue weighted by atomic mass is 10.2. The molecule has 0 saturated heterocycles. The smallest absolute Gasteiger partial charge is 0.0523 e. The van der Waals surface area contributed by atoms with Gasteiger partial charge in [-0.1, -0.05) is 13.8 Å². The van der Waals surface area contributed by atoms with Crippen LogP contribution in [-0.4, -0.2) is 18.1 Å². The van der Waals surface area contributed by atoms with Crippen LogP contribution in [-0.2, 0) is 0 Å². The van der Waals surface area contributed by atoms with Gasteiger partial charge in [-0.05, 0) is 12.8 Å². The molecule has 0 aliphatic rings. The van der Waals surface area contributed by atoms with Gasteiger partial charge in [0.2, 0.25) is 0 Å². The molecule has 0 amide bonds. The molecule has 0 saturated carbocycles. The van der Waals surface area contributed by atoms with Gasteiger partial charge < -0.3 is 0 Å². The number of nitroso groups, excluding NO2 is 1. The molecule has 0 fully saturated rings. The van der Waals surface area contributed by atoms with Crippen molar-refractivity contribution in [2.75, 3.05) is 7.05 Å². The molecular formula is C6H14N2O. The summed E-state index contributed by atoms with van der Waals surface area (Å²) in [5.41, 5.74) is 0. The van der Waals surface area contributed by atoms with Gasteiger partial charge in [0, 0.05) is 13.1 Å². The molecule has 9 heavy (non-hydrogen) atoms. The van der Waals surface area contributed by atoms with Gasteiger partial charge >= 0.3 is 0 Å². The predicted molar refractivity (Wildman–Crippen MR) is 37.9 cm³/mol. The number of hydrogen-bond donors (Lipinski definition) is 0. The van der Waals surface area contributed by atoms with Gasteiger partial charge in [0.15, 0.2) is 0 Å². The molecule has 3 heteroatoms. The molecule has 0 atom stereocenters. The zero-order chi connectivity index (χ0) is 7.28. The lowest BCUT2D eigenvalue weighted by Gasteiger charge is -2.18. The molecule has 0 N–H and O–H groups in total. The van der Waals surface area contributed by atoms with E-state index in [0.29, 0.717) is 6.04 Å². The van der Waals surface area contributed by atoms with Crippen LogP contribution >= 0.6 is 0 Å². The summed E-state index contributed by atoms with van der Waals surface area (Å²) in [5, 5.41) is 4.29. The van der Waals surface area contributed by atoms with Crippen molar-refractivity contribution in [1.29, 1.82) is 0 Å². The van der Waals surface area contributed by atoms with Crippen molar-refractivity contribution >= 4 is 0 Å². The van der Waals surface area contributed by atoms with Crippen LogP contribution in [0.2, 0.25) is 0 Å². The Morgan fingerprint density at radius 3 is 2.00 bits per heavy atom. The minimum Gasteiger partial charge on any atom is -0.261 e. The van der Waals surface area contributed by atoms with Crippen LogP contribution in [0.3, 0.4) is 0 Å². The van der Waals surface area contributed by atoms with Gasteiger partial charge in [-0.3, -0.25) is 5.01 Å². The van der Waals surface area contributed by atoms with E-state index in [0.717, 1.165) is 12.8 Å². The SMILES string of the molecule is CCC(CC)N(C)N=O. The van der Waals surface area contributed by atoms with E-state index < -0.39 is 0 Å². The van der Waals surface area contributed by atoms with E-state index in [1.807, 2.05) is 0 Å². The molecule has 0 aliphatic carbocycles. The summed E-state index contributed by atoms with van der Waals surface area (Å²) in [6.45, 7) is 4.10. The van der Waals surface area contributed by atoms with Gasteiger partial charge in [0.25, 0.3) is 0 Å². The third-order valence-electron chi connectivity index (χ3n) is 1.60. The second-order valence-electron chi connectivity index (χ2n) is 2.13. The Hall–Kier alpha value is -0.600. The van der Waals surface area contributed by atoms with Crippen LogP contribution in [0, 0.1) is 4.91 Å². The number of hydrogen-bond acceptors (Lipinski definition) is 2. The van der Waals surface area contributed by atoms with Crippen molar-refractivity contribution in [1.82, 2.24) is 5.01 Å². The molecule has 0 aromatic carbocycles. The van der Waals surface area contributed by atoms with Crippen molar-refractivity contribution in [3.05, 3.63) is 4.91 Å². The monoisotopic (exact) mass is 130 g/mol. The van der Waals surface area contributed by atoms with Crippen LogP contribution in [0.1, 0.15) is 26.7 Å². The zero-order valence-corrected chi connectivity index (χ0v) is 6.29. The third kappa shape index (κ3) is 2.44. The molecule has 0 unspecified atom stereocenters. The average Bonchev–Trinajstić information content (AvgIpc) is 1.90. The van der Waals surface area contributed by atoms with Crippen LogP contribution in [0.5, 0.6) is 0 Å². The normalized spacial score (nSPS) is 9.78. The van der Waals surface area contributed by atoms with E-state index >= 15 is 0 Å². The summed E-state index contributed by atoms with van der Waals surface area (Å²) in [5.74, 6) is 0. The van der Waals surface area contributed by atoms with E-state index in [1.54, 1.807) is 7.05 Å². The summed E-state index contributed by atoms with van der Waals surface area (Å²) in [7, 11) is 1.71. The summed E-state index contributed by atoms with van der Waals surface area (Å²) >= 11 is 0. The standard InChI is InChI=1S/C6H14N2O/c1-4-6(5-2)8(3)7-9/h6H,4-5H2,1-3H3. The van der Waals surface area contributed by atoms with Crippen molar-refractivity contribution in [2.24, 2.45) is 5.29 Å². The Labute approximate surface area is 56.0 Å². The fraction of sp³-hybridized carbons (Fsp3) is 1.00. The van der Waals surface area contributed by atoms with E-state index in [4.69, 9.17) is 0 Å². The van der Waals surface area contributed by atoms with Crippen molar-refractivity contribution in [3.63, 3.8) is 0 Å². The largest absolute Gasteiger partial charge is 0.261 e. The van der Waals surface area contributed by atoms with Crippen molar-refractivity contribution < 1.29 is 0 Å². The molecule has 0 aromatic rings. The van der Waals surface area contributed by atoms with Gasteiger partial charge in [0.1, 0.15) is 0 Å². The van der Waals surface area contributed by atoms with Crippen LogP contribution in [0.15, 0.2) is 5.29 Å². The number of rotatable bonds is 4. The Morgan fingerprint density at radius 2 is 1.89 bits per heavy atom. The lowest BCUT2D eigenvalue weighted by Crippen LogP contribution is -2.24. The van der Waals surface area contributed by atoms with Crippen LogP contribution < -0.4 is 0 Å². The van der Waals surface area contributed by atoms with Crippen LogP contribution in [0.4, 0.5) is 0 Å². The maximum atomic E-state index is 9.94. The molecule has 0 spiro atoms. The quantitative estimate of drug-likeness (QED) is 0.429. The molecule has 3 nitrogen and oxygen atoms in total. The Kier molecular flexibility index (Phi) is 4.01. The Morgan fingerprint density at radius 1 is 1.44 bits per heavy atom. The molecular weight excluding hydrogens is 116 g/mol. The van der Waals surface area contributed by atoms with Crippen LogP contribution in [0.25, 0.3) is 0 Å². The highest BCUT2D eigenvalue weighted by Gasteiger charge is 2.07. The van der Waals surface area contributed by atoms with E-state index in [-0.39, 0.29) is 0 Å². The zero-order valence-electron chi connectivity index (χ0n) is 6.29. The van der Waals surface area contributed by atoms with E-state index in [9.17, 15) is 4.91 Å². The first-order valence-electron chi connectivity index (χ1n) is 3.32.